The number of carbonyl (C=O) groups is 1. The second kappa shape index (κ2) is 6.73. The molecule has 1 amide bonds. The molecule has 1 aromatic rings. The Labute approximate surface area is 113 Å². The van der Waals surface area contributed by atoms with Crippen molar-refractivity contribution in [3.63, 3.8) is 0 Å². The molecule has 0 bridgehead atoms. The average Bonchev–Trinajstić information content (AvgIpc) is 2.38. The number of rotatable bonds is 5. The summed E-state index contributed by atoms with van der Waals surface area (Å²) in [6.07, 6.45) is -2.97. The molecule has 1 rings (SSSR count). The lowest BCUT2D eigenvalue weighted by Gasteiger charge is -2.11. The van der Waals surface area contributed by atoms with E-state index in [0.29, 0.717) is 12.6 Å². The molecule has 0 saturated heterocycles. The van der Waals surface area contributed by atoms with Crippen molar-refractivity contribution in [3.8, 4) is 6.07 Å². The molecule has 0 atom stereocenters. The van der Waals surface area contributed by atoms with E-state index in [0.717, 1.165) is 12.1 Å². The van der Waals surface area contributed by atoms with Gasteiger partial charge in [0, 0.05) is 6.54 Å². The van der Waals surface area contributed by atoms with Crippen molar-refractivity contribution >= 4 is 11.6 Å². The summed E-state index contributed by atoms with van der Waals surface area (Å²) in [6.45, 7) is 3.85. The third kappa shape index (κ3) is 4.40. The molecule has 106 valence electrons. The van der Waals surface area contributed by atoms with Crippen LogP contribution in [-0.4, -0.2) is 19.0 Å². The fraction of sp³-hybridized carbons (Fsp3) is 0.231. The van der Waals surface area contributed by atoms with Gasteiger partial charge in [0.15, 0.2) is 0 Å². The number of halogens is 3. The number of hydrogen-bond donors (Lipinski definition) is 2. The number of hydrogen-bond acceptors (Lipinski definition) is 3. The highest BCUT2D eigenvalue weighted by atomic mass is 19.4. The van der Waals surface area contributed by atoms with Gasteiger partial charge in [-0.25, -0.2) is 0 Å². The van der Waals surface area contributed by atoms with Gasteiger partial charge in [0.25, 0.3) is 0 Å². The maximum absolute atomic E-state index is 12.5. The first-order valence-corrected chi connectivity index (χ1v) is 5.61. The lowest BCUT2D eigenvalue weighted by molar-refractivity contribution is -0.137. The van der Waals surface area contributed by atoms with E-state index in [1.54, 1.807) is 12.1 Å². The summed E-state index contributed by atoms with van der Waals surface area (Å²) in [4.78, 5) is 11.5. The van der Waals surface area contributed by atoms with Crippen LogP contribution in [0, 0.1) is 11.3 Å². The number of benzene rings is 1. The Morgan fingerprint density at radius 1 is 1.45 bits per heavy atom. The number of nitriles is 1. The fourth-order valence-corrected chi connectivity index (χ4v) is 1.40. The van der Waals surface area contributed by atoms with Gasteiger partial charge < -0.3 is 10.6 Å². The molecule has 0 fully saturated rings. The van der Waals surface area contributed by atoms with E-state index in [1.807, 2.05) is 0 Å². The second-order valence-corrected chi connectivity index (χ2v) is 3.84. The van der Waals surface area contributed by atoms with E-state index < -0.39 is 17.6 Å². The van der Waals surface area contributed by atoms with Gasteiger partial charge in [0.1, 0.15) is 6.07 Å². The Bertz CT molecular complexity index is 547. The average molecular weight is 283 g/mol. The van der Waals surface area contributed by atoms with Crippen LogP contribution in [0.15, 0.2) is 30.9 Å². The Morgan fingerprint density at radius 3 is 2.70 bits per heavy atom. The third-order valence-electron chi connectivity index (χ3n) is 2.32. The number of anilines is 1. The van der Waals surface area contributed by atoms with Crippen molar-refractivity contribution in [1.82, 2.24) is 5.32 Å². The number of carbonyl (C=O) groups excluding carboxylic acids is 1. The molecule has 0 aromatic heterocycles. The summed E-state index contributed by atoms with van der Waals surface area (Å²) in [5.41, 5.74) is -1.13. The maximum Gasteiger partial charge on any atom is 0.416 e. The predicted octanol–water partition coefficient (Wildman–Crippen LogP) is 2.29. The van der Waals surface area contributed by atoms with Crippen LogP contribution in [0.4, 0.5) is 18.9 Å². The normalized spacial score (nSPS) is 10.7. The van der Waals surface area contributed by atoms with Crippen LogP contribution in [-0.2, 0) is 11.0 Å². The Kier molecular flexibility index (Phi) is 5.29. The first kappa shape index (κ1) is 15.7. The summed E-state index contributed by atoms with van der Waals surface area (Å²) in [5, 5.41) is 13.9. The summed E-state index contributed by atoms with van der Waals surface area (Å²) in [5.74, 6) is -0.455. The van der Waals surface area contributed by atoms with E-state index in [4.69, 9.17) is 5.26 Å². The first-order valence-electron chi connectivity index (χ1n) is 5.61. The van der Waals surface area contributed by atoms with Crippen LogP contribution in [0.5, 0.6) is 0 Å². The lowest BCUT2D eigenvalue weighted by Crippen LogP contribution is -2.28. The molecular weight excluding hydrogens is 271 g/mol. The molecule has 2 N–H and O–H groups in total. The molecule has 0 heterocycles. The molecule has 0 aliphatic rings. The molecule has 0 aliphatic carbocycles. The van der Waals surface area contributed by atoms with E-state index >= 15 is 0 Å². The molecule has 0 saturated carbocycles. The zero-order valence-corrected chi connectivity index (χ0v) is 10.4. The Balaban J connectivity index is 2.84. The monoisotopic (exact) mass is 283 g/mol. The van der Waals surface area contributed by atoms with Gasteiger partial charge in [0.05, 0.1) is 23.4 Å². The molecule has 7 heteroatoms. The van der Waals surface area contributed by atoms with Gasteiger partial charge in [-0.05, 0) is 18.2 Å². The number of amides is 1. The van der Waals surface area contributed by atoms with Crippen LogP contribution < -0.4 is 10.6 Å². The van der Waals surface area contributed by atoms with Crippen molar-refractivity contribution in [2.24, 2.45) is 0 Å². The van der Waals surface area contributed by atoms with Crippen molar-refractivity contribution in [1.29, 1.82) is 5.26 Å². The zero-order valence-electron chi connectivity index (χ0n) is 10.4. The lowest BCUT2D eigenvalue weighted by atomic mass is 10.1. The quantitative estimate of drug-likeness (QED) is 0.643. The Morgan fingerprint density at radius 2 is 2.15 bits per heavy atom. The number of nitrogens with zero attached hydrogens (tertiary/aromatic N) is 1. The SMILES string of the molecule is C=CCNCC(=O)Nc1ccc(C(F)(F)F)cc1C#N. The first-order chi connectivity index (χ1) is 9.38. The van der Waals surface area contributed by atoms with E-state index in [-0.39, 0.29) is 17.8 Å². The minimum absolute atomic E-state index is 0.0299. The van der Waals surface area contributed by atoms with Crippen molar-refractivity contribution < 1.29 is 18.0 Å². The molecule has 0 unspecified atom stereocenters. The molecule has 1 aromatic carbocycles. The molecule has 4 nitrogen and oxygen atoms in total. The number of alkyl halides is 3. The fourth-order valence-electron chi connectivity index (χ4n) is 1.40. The van der Waals surface area contributed by atoms with Gasteiger partial charge in [-0.15, -0.1) is 6.58 Å². The minimum atomic E-state index is -4.53. The summed E-state index contributed by atoms with van der Waals surface area (Å²) in [6, 6.07) is 4.21. The largest absolute Gasteiger partial charge is 0.416 e. The van der Waals surface area contributed by atoms with Gasteiger partial charge in [-0.1, -0.05) is 6.08 Å². The van der Waals surface area contributed by atoms with Crippen molar-refractivity contribution in [2.75, 3.05) is 18.4 Å². The summed E-state index contributed by atoms with van der Waals surface area (Å²) >= 11 is 0. The van der Waals surface area contributed by atoms with Crippen LogP contribution in [0.25, 0.3) is 0 Å². The zero-order chi connectivity index (χ0) is 15.2. The van der Waals surface area contributed by atoms with Gasteiger partial charge >= 0.3 is 6.18 Å². The maximum atomic E-state index is 12.5. The highest BCUT2D eigenvalue weighted by Crippen LogP contribution is 2.31. The summed E-state index contributed by atoms with van der Waals surface area (Å²) in [7, 11) is 0. The molecule has 0 aliphatic heterocycles. The highest BCUT2D eigenvalue weighted by molar-refractivity contribution is 5.93. The van der Waals surface area contributed by atoms with E-state index in [9.17, 15) is 18.0 Å². The van der Waals surface area contributed by atoms with Gasteiger partial charge in [0.2, 0.25) is 5.91 Å². The van der Waals surface area contributed by atoms with Crippen molar-refractivity contribution in [2.45, 2.75) is 6.18 Å². The van der Waals surface area contributed by atoms with E-state index in [2.05, 4.69) is 17.2 Å². The van der Waals surface area contributed by atoms with Gasteiger partial charge in [-0.3, -0.25) is 4.79 Å². The van der Waals surface area contributed by atoms with Crippen molar-refractivity contribution in [3.05, 3.63) is 42.0 Å². The highest BCUT2D eigenvalue weighted by Gasteiger charge is 2.31. The molecule has 0 radical (unpaired) electrons. The Hall–Kier alpha value is -2.33. The number of nitrogens with one attached hydrogen (secondary N) is 2. The molecule has 0 spiro atoms. The molecule has 20 heavy (non-hydrogen) atoms. The second-order valence-electron chi connectivity index (χ2n) is 3.84. The molecular formula is C13H12F3N3O. The van der Waals surface area contributed by atoms with Crippen LogP contribution in [0.1, 0.15) is 11.1 Å². The smallest absolute Gasteiger partial charge is 0.324 e. The van der Waals surface area contributed by atoms with Crippen LogP contribution >= 0.6 is 0 Å². The van der Waals surface area contributed by atoms with Gasteiger partial charge in [-0.2, -0.15) is 18.4 Å². The topological polar surface area (TPSA) is 64.9 Å². The van der Waals surface area contributed by atoms with Crippen LogP contribution in [0.2, 0.25) is 0 Å². The van der Waals surface area contributed by atoms with Crippen LogP contribution in [0.3, 0.4) is 0 Å². The predicted molar refractivity (Wildman–Crippen MR) is 67.9 cm³/mol. The standard InChI is InChI=1S/C13H12F3N3O/c1-2-5-18-8-12(20)19-11-4-3-10(13(14,15)16)6-9(11)7-17/h2-4,6,18H,1,5,8H2,(H,19,20). The van der Waals surface area contributed by atoms with E-state index in [1.165, 1.54) is 0 Å². The minimum Gasteiger partial charge on any atom is -0.324 e. The summed E-state index contributed by atoms with van der Waals surface area (Å²) < 4.78 is 37.5. The third-order valence-corrected chi connectivity index (χ3v) is 2.32.